The summed E-state index contributed by atoms with van der Waals surface area (Å²) in [6, 6.07) is 10.2. The predicted molar refractivity (Wildman–Crippen MR) is 90.0 cm³/mol. The summed E-state index contributed by atoms with van der Waals surface area (Å²) in [5, 5.41) is 8.87. The molecule has 1 atom stereocenters. The number of piperidine rings is 1. The largest absolute Gasteiger partial charge is 0.369 e. The number of rotatable bonds is 3. The van der Waals surface area contributed by atoms with Gasteiger partial charge in [0.2, 0.25) is 0 Å². The Kier molecular flexibility index (Phi) is 4.97. The number of hydrogen-bond acceptors (Lipinski definition) is 4. The van der Waals surface area contributed by atoms with E-state index < -0.39 is 0 Å². The molecule has 4 heteroatoms. The van der Waals surface area contributed by atoms with E-state index in [1.54, 1.807) is 0 Å². The van der Waals surface area contributed by atoms with Gasteiger partial charge in [0.15, 0.2) is 0 Å². The van der Waals surface area contributed by atoms with Gasteiger partial charge in [0.05, 0.1) is 11.6 Å². The van der Waals surface area contributed by atoms with E-state index in [-0.39, 0.29) is 0 Å². The van der Waals surface area contributed by atoms with Gasteiger partial charge in [-0.1, -0.05) is 0 Å². The van der Waals surface area contributed by atoms with Crippen molar-refractivity contribution in [2.75, 3.05) is 57.8 Å². The van der Waals surface area contributed by atoms with Gasteiger partial charge < -0.3 is 9.80 Å². The molecular weight excluding hydrogens is 272 g/mol. The molecule has 0 spiro atoms. The molecule has 0 N–H and O–H groups in total. The lowest BCUT2D eigenvalue weighted by Crippen LogP contribution is -2.49. The first kappa shape index (κ1) is 15.3. The molecule has 2 aliphatic heterocycles. The molecule has 2 saturated heterocycles. The third-order valence-corrected chi connectivity index (χ3v) is 4.97. The molecule has 22 heavy (non-hydrogen) atoms. The summed E-state index contributed by atoms with van der Waals surface area (Å²) in [5.74, 6) is 0.847. The number of anilines is 1. The first-order valence-electron chi connectivity index (χ1n) is 8.40. The van der Waals surface area contributed by atoms with Crippen LogP contribution in [0, 0.1) is 17.2 Å². The van der Waals surface area contributed by atoms with Gasteiger partial charge in [-0.15, -0.1) is 0 Å². The van der Waals surface area contributed by atoms with Gasteiger partial charge >= 0.3 is 0 Å². The van der Waals surface area contributed by atoms with Crippen molar-refractivity contribution in [3.8, 4) is 6.07 Å². The number of nitrogens with zero attached hydrogens (tertiary/aromatic N) is 4. The monoisotopic (exact) mass is 298 g/mol. The third-order valence-electron chi connectivity index (χ3n) is 4.97. The second kappa shape index (κ2) is 7.13. The summed E-state index contributed by atoms with van der Waals surface area (Å²) in [6.07, 6.45) is 2.74. The average molecular weight is 298 g/mol. The standard InChI is InChI=1S/C18H26N4/c1-20-8-2-3-17(14-20)15-21-9-11-22(12-10-21)18-6-4-16(13-19)5-7-18/h4-7,17H,2-3,8-12,14-15H2,1H3. The summed E-state index contributed by atoms with van der Waals surface area (Å²) in [4.78, 5) is 7.54. The number of hydrogen-bond donors (Lipinski definition) is 0. The van der Waals surface area contributed by atoms with Crippen molar-refractivity contribution in [2.24, 2.45) is 5.92 Å². The first-order valence-corrected chi connectivity index (χ1v) is 8.40. The van der Waals surface area contributed by atoms with Crippen molar-refractivity contribution in [3.63, 3.8) is 0 Å². The van der Waals surface area contributed by atoms with Crippen molar-refractivity contribution in [1.29, 1.82) is 5.26 Å². The van der Waals surface area contributed by atoms with Gasteiger partial charge in [-0.25, -0.2) is 0 Å². The second-order valence-corrected chi connectivity index (χ2v) is 6.72. The highest BCUT2D eigenvalue weighted by Crippen LogP contribution is 2.20. The number of piperazine rings is 1. The van der Waals surface area contributed by atoms with Crippen LogP contribution in [0.5, 0.6) is 0 Å². The molecular formula is C18H26N4. The minimum Gasteiger partial charge on any atom is -0.369 e. The van der Waals surface area contributed by atoms with Crippen molar-refractivity contribution in [2.45, 2.75) is 12.8 Å². The van der Waals surface area contributed by atoms with Crippen LogP contribution in [-0.4, -0.2) is 62.7 Å². The van der Waals surface area contributed by atoms with Crippen molar-refractivity contribution in [1.82, 2.24) is 9.80 Å². The highest BCUT2D eigenvalue weighted by Gasteiger charge is 2.23. The molecule has 1 unspecified atom stereocenters. The number of likely N-dealkylation sites (tertiary alicyclic amines) is 1. The first-order chi connectivity index (χ1) is 10.7. The van der Waals surface area contributed by atoms with Crippen LogP contribution in [0.4, 0.5) is 5.69 Å². The van der Waals surface area contributed by atoms with E-state index in [4.69, 9.17) is 5.26 Å². The molecule has 4 nitrogen and oxygen atoms in total. The summed E-state index contributed by atoms with van der Waals surface area (Å²) < 4.78 is 0. The molecule has 1 aromatic rings. The van der Waals surface area contributed by atoms with E-state index in [2.05, 4.69) is 39.9 Å². The molecule has 0 radical (unpaired) electrons. The van der Waals surface area contributed by atoms with Crippen LogP contribution in [0.1, 0.15) is 18.4 Å². The minimum absolute atomic E-state index is 0.740. The highest BCUT2D eigenvalue weighted by molar-refractivity contribution is 5.50. The summed E-state index contributed by atoms with van der Waals surface area (Å²) >= 11 is 0. The predicted octanol–water partition coefficient (Wildman–Crippen LogP) is 2.02. The van der Waals surface area contributed by atoms with E-state index in [1.807, 2.05) is 12.1 Å². The minimum atomic E-state index is 0.740. The maximum absolute atomic E-state index is 8.87. The smallest absolute Gasteiger partial charge is 0.0991 e. The van der Waals surface area contributed by atoms with Crippen LogP contribution < -0.4 is 4.90 Å². The van der Waals surface area contributed by atoms with Crippen LogP contribution in [0.25, 0.3) is 0 Å². The molecule has 0 bridgehead atoms. The molecule has 2 heterocycles. The maximum atomic E-state index is 8.87. The molecule has 118 valence electrons. The van der Waals surface area contributed by atoms with Gasteiger partial charge in [0.25, 0.3) is 0 Å². The van der Waals surface area contributed by atoms with Crippen LogP contribution in [0.3, 0.4) is 0 Å². The Balaban J connectivity index is 1.48. The Morgan fingerprint density at radius 2 is 1.82 bits per heavy atom. The normalized spacial score (nSPS) is 24.2. The van der Waals surface area contributed by atoms with Gasteiger partial charge in [-0.2, -0.15) is 5.26 Å². The van der Waals surface area contributed by atoms with Crippen LogP contribution in [-0.2, 0) is 0 Å². The van der Waals surface area contributed by atoms with Gasteiger partial charge in [0.1, 0.15) is 0 Å². The Bertz CT molecular complexity index is 511. The number of nitriles is 1. The molecule has 0 aromatic heterocycles. The summed E-state index contributed by atoms with van der Waals surface area (Å²) in [5.41, 5.74) is 1.99. The molecule has 1 aromatic carbocycles. The number of benzene rings is 1. The molecule has 2 aliphatic rings. The van der Waals surface area contributed by atoms with Gasteiger partial charge in [0, 0.05) is 45.0 Å². The molecule has 0 amide bonds. The Labute approximate surface area is 133 Å². The van der Waals surface area contributed by atoms with Gasteiger partial charge in [-0.05, 0) is 56.6 Å². The van der Waals surface area contributed by atoms with Crippen molar-refractivity contribution >= 4 is 5.69 Å². The second-order valence-electron chi connectivity index (χ2n) is 6.72. The lowest BCUT2D eigenvalue weighted by atomic mass is 9.97. The Morgan fingerprint density at radius 1 is 1.09 bits per heavy atom. The van der Waals surface area contributed by atoms with Crippen molar-refractivity contribution in [3.05, 3.63) is 29.8 Å². The zero-order valence-electron chi connectivity index (χ0n) is 13.5. The fourth-order valence-electron chi connectivity index (χ4n) is 3.72. The molecule has 2 fully saturated rings. The molecule has 0 saturated carbocycles. The summed E-state index contributed by atoms with van der Waals surface area (Å²) in [6.45, 7) is 8.27. The van der Waals surface area contributed by atoms with Gasteiger partial charge in [-0.3, -0.25) is 4.90 Å². The lowest BCUT2D eigenvalue weighted by molar-refractivity contribution is 0.147. The van der Waals surface area contributed by atoms with Crippen molar-refractivity contribution < 1.29 is 0 Å². The van der Waals surface area contributed by atoms with Crippen LogP contribution >= 0.6 is 0 Å². The van der Waals surface area contributed by atoms with E-state index >= 15 is 0 Å². The lowest BCUT2D eigenvalue weighted by Gasteiger charge is -2.39. The Hall–Kier alpha value is -1.57. The van der Waals surface area contributed by atoms with E-state index in [1.165, 1.54) is 38.2 Å². The van der Waals surface area contributed by atoms with Crippen LogP contribution in [0.2, 0.25) is 0 Å². The quantitative estimate of drug-likeness (QED) is 0.855. The zero-order chi connectivity index (χ0) is 15.4. The van der Waals surface area contributed by atoms with E-state index in [0.717, 1.165) is 37.7 Å². The van der Waals surface area contributed by atoms with Crippen LogP contribution in [0.15, 0.2) is 24.3 Å². The average Bonchev–Trinajstić information content (AvgIpc) is 2.56. The fraction of sp³-hybridized carbons (Fsp3) is 0.611. The Morgan fingerprint density at radius 3 is 2.45 bits per heavy atom. The van der Waals surface area contributed by atoms with E-state index in [9.17, 15) is 0 Å². The molecule has 3 rings (SSSR count). The topological polar surface area (TPSA) is 33.5 Å². The fourth-order valence-corrected chi connectivity index (χ4v) is 3.72. The summed E-state index contributed by atoms with van der Waals surface area (Å²) in [7, 11) is 2.25. The SMILES string of the molecule is CN1CCCC(CN2CCN(c3ccc(C#N)cc3)CC2)C1. The maximum Gasteiger partial charge on any atom is 0.0991 e. The third kappa shape index (κ3) is 3.79. The van der Waals surface area contributed by atoms with E-state index in [0.29, 0.717) is 0 Å². The molecule has 0 aliphatic carbocycles. The highest BCUT2D eigenvalue weighted by atomic mass is 15.3. The zero-order valence-corrected chi connectivity index (χ0v) is 13.5.